The standard InChI is InChI=1S/C12H11NO/c1-9(2)12-13-8-11(14-12)10-6-4-3-5-7-10/h3-8H,1H2,2H3. The van der Waals surface area contributed by atoms with Crippen LogP contribution in [-0.4, -0.2) is 4.98 Å². The third-order valence-corrected chi connectivity index (χ3v) is 1.93. The van der Waals surface area contributed by atoms with E-state index in [-0.39, 0.29) is 0 Å². The van der Waals surface area contributed by atoms with Crippen LogP contribution < -0.4 is 0 Å². The summed E-state index contributed by atoms with van der Waals surface area (Å²) in [5, 5.41) is 0. The molecule has 0 fully saturated rings. The van der Waals surface area contributed by atoms with Crippen molar-refractivity contribution in [1.29, 1.82) is 0 Å². The highest BCUT2D eigenvalue weighted by atomic mass is 16.4. The first-order chi connectivity index (χ1) is 6.77. The zero-order valence-corrected chi connectivity index (χ0v) is 8.03. The first-order valence-electron chi connectivity index (χ1n) is 4.44. The van der Waals surface area contributed by atoms with E-state index < -0.39 is 0 Å². The molecule has 14 heavy (non-hydrogen) atoms. The number of allylic oxidation sites excluding steroid dienone is 1. The summed E-state index contributed by atoms with van der Waals surface area (Å²) in [6.07, 6.45) is 1.72. The predicted octanol–water partition coefficient (Wildman–Crippen LogP) is 3.37. The molecule has 0 aliphatic rings. The number of rotatable bonds is 2. The minimum atomic E-state index is 0.601. The molecule has 0 saturated carbocycles. The molecular formula is C12H11NO. The number of nitrogens with zero attached hydrogens (tertiary/aromatic N) is 1. The number of aromatic nitrogens is 1. The fraction of sp³-hybridized carbons (Fsp3) is 0.0833. The second-order valence-electron chi connectivity index (χ2n) is 3.18. The first-order valence-corrected chi connectivity index (χ1v) is 4.44. The number of benzene rings is 1. The third kappa shape index (κ3) is 1.59. The van der Waals surface area contributed by atoms with Gasteiger partial charge in [0, 0.05) is 11.1 Å². The Balaban J connectivity index is 2.39. The van der Waals surface area contributed by atoms with E-state index in [2.05, 4.69) is 11.6 Å². The van der Waals surface area contributed by atoms with Crippen molar-refractivity contribution in [2.24, 2.45) is 0 Å². The van der Waals surface area contributed by atoms with Gasteiger partial charge in [-0.25, -0.2) is 4.98 Å². The smallest absolute Gasteiger partial charge is 0.221 e. The van der Waals surface area contributed by atoms with Crippen molar-refractivity contribution in [3.63, 3.8) is 0 Å². The lowest BCUT2D eigenvalue weighted by Crippen LogP contribution is -1.73. The monoisotopic (exact) mass is 185 g/mol. The Kier molecular flexibility index (Phi) is 2.19. The molecule has 0 aliphatic heterocycles. The van der Waals surface area contributed by atoms with Crippen LogP contribution in [0.25, 0.3) is 16.9 Å². The van der Waals surface area contributed by atoms with E-state index in [0.29, 0.717) is 5.89 Å². The van der Waals surface area contributed by atoms with Gasteiger partial charge in [-0.3, -0.25) is 0 Å². The zero-order valence-electron chi connectivity index (χ0n) is 8.03. The lowest BCUT2D eigenvalue weighted by molar-refractivity contribution is 0.555. The molecule has 0 N–H and O–H groups in total. The van der Waals surface area contributed by atoms with E-state index in [0.717, 1.165) is 16.9 Å². The first kappa shape index (κ1) is 8.75. The van der Waals surface area contributed by atoms with Crippen molar-refractivity contribution in [3.05, 3.63) is 49.0 Å². The van der Waals surface area contributed by atoms with Crippen LogP contribution in [0.1, 0.15) is 12.8 Å². The molecule has 0 spiro atoms. The van der Waals surface area contributed by atoms with Gasteiger partial charge in [0.2, 0.25) is 5.89 Å². The van der Waals surface area contributed by atoms with Gasteiger partial charge in [-0.05, 0) is 6.92 Å². The molecule has 0 amide bonds. The van der Waals surface area contributed by atoms with Gasteiger partial charge in [-0.2, -0.15) is 0 Å². The Labute approximate surface area is 82.9 Å². The Hall–Kier alpha value is -1.83. The molecule has 0 saturated heterocycles. The van der Waals surface area contributed by atoms with Gasteiger partial charge in [0.05, 0.1) is 6.20 Å². The van der Waals surface area contributed by atoms with Gasteiger partial charge in [-0.15, -0.1) is 0 Å². The molecule has 1 aromatic carbocycles. The second-order valence-corrected chi connectivity index (χ2v) is 3.18. The molecule has 0 unspecified atom stereocenters. The van der Waals surface area contributed by atoms with Crippen LogP contribution >= 0.6 is 0 Å². The lowest BCUT2D eigenvalue weighted by Gasteiger charge is -1.94. The van der Waals surface area contributed by atoms with Crippen LogP contribution in [0, 0.1) is 0 Å². The molecule has 1 aromatic heterocycles. The van der Waals surface area contributed by atoms with E-state index in [1.807, 2.05) is 37.3 Å². The molecule has 0 bridgehead atoms. The van der Waals surface area contributed by atoms with E-state index in [1.54, 1.807) is 6.20 Å². The van der Waals surface area contributed by atoms with Gasteiger partial charge in [0.1, 0.15) is 0 Å². The van der Waals surface area contributed by atoms with Crippen molar-refractivity contribution in [2.75, 3.05) is 0 Å². The summed E-state index contributed by atoms with van der Waals surface area (Å²) in [6.45, 7) is 5.65. The second kappa shape index (κ2) is 3.50. The molecule has 70 valence electrons. The maximum absolute atomic E-state index is 5.52. The van der Waals surface area contributed by atoms with Gasteiger partial charge in [0.15, 0.2) is 5.76 Å². The molecule has 0 aliphatic carbocycles. The topological polar surface area (TPSA) is 26.0 Å². The van der Waals surface area contributed by atoms with Gasteiger partial charge in [0.25, 0.3) is 0 Å². The van der Waals surface area contributed by atoms with Crippen molar-refractivity contribution in [1.82, 2.24) is 4.98 Å². The minimum Gasteiger partial charge on any atom is -0.437 e. The van der Waals surface area contributed by atoms with Crippen LogP contribution in [0.5, 0.6) is 0 Å². The summed E-state index contributed by atoms with van der Waals surface area (Å²) in [5.41, 5.74) is 1.87. The minimum absolute atomic E-state index is 0.601. The molecular weight excluding hydrogens is 174 g/mol. The summed E-state index contributed by atoms with van der Waals surface area (Å²) in [5.74, 6) is 1.38. The molecule has 2 heteroatoms. The summed E-state index contributed by atoms with van der Waals surface area (Å²) in [4.78, 5) is 4.13. The SMILES string of the molecule is C=C(C)c1ncc(-c2ccccc2)o1. The van der Waals surface area contributed by atoms with E-state index >= 15 is 0 Å². The average Bonchev–Trinajstić information content (AvgIpc) is 2.68. The number of hydrogen-bond acceptors (Lipinski definition) is 2. The molecule has 0 atom stereocenters. The van der Waals surface area contributed by atoms with E-state index in [9.17, 15) is 0 Å². The number of oxazole rings is 1. The number of hydrogen-bond donors (Lipinski definition) is 0. The third-order valence-electron chi connectivity index (χ3n) is 1.93. The molecule has 2 nitrogen and oxygen atoms in total. The lowest BCUT2D eigenvalue weighted by atomic mass is 10.2. The average molecular weight is 185 g/mol. The van der Waals surface area contributed by atoms with Crippen molar-refractivity contribution >= 4 is 5.57 Å². The van der Waals surface area contributed by atoms with E-state index in [1.165, 1.54) is 0 Å². The maximum atomic E-state index is 5.52. The van der Waals surface area contributed by atoms with Crippen molar-refractivity contribution < 1.29 is 4.42 Å². The Bertz CT molecular complexity index is 442. The van der Waals surface area contributed by atoms with Crippen LogP contribution in [0.2, 0.25) is 0 Å². The van der Waals surface area contributed by atoms with Gasteiger partial charge < -0.3 is 4.42 Å². The zero-order chi connectivity index (χ0) is 9.97. The summed E-state index contributed by atoms with van der Waals surface area (Å²) in [7, 11) is 0. The maximum Gasteiger partial charge on any atom is 0.221 e. The normalized spacial score (nSPS) is 10.1. The van der Waals surface area contributed by atoms with Crippen LogP contribution in [-0.2, 0) is 0 Å². The highest BCUT2D eigenvalue weighted by Gasteiger charge is 2.05. The van der Waals surface area contributed by atoms with Gasteiger partial charge >= 0.3 is 0 Å². The summed E-state index contributed by atoms with van der Waals surface area (Å²) >= 11 is 0. The predicted molar refractivity (Wildman–Crippen MR) is 56.6 cm³/mol. The quantitative estimate of drug-likeness (QED) is 0.716. The van der Waals surface area contributed by atoms with Crippen LogP contribution in [0.4, 0.5) is 0 Å². The fourth-order valence-electron chi connectivity index (χ4n) is 1.21. The molecule has 2 aromatic rings. The molecule has 1 heterocycles. The van der Waals surface area contributed by atoms with Crippen molar-refractivity contribution in [3.8, 4) is 11.3 Å². The van der Waals surface area contributed by atoms with E-state index in [4.69, 9.17) is 4.42 Å². The Morgan fingerprint density at radius 1 is 1.29 bits per heavy atom. The largest absolute Gasteiger partial charge is 0.437 e. The Morgan fingerprint density at radius 2 is 2.00 bits per heavy atom. The Morgan fingerprint density at radius 3 is 2.57 bits per heavy atom. The highest BCUT2D eigenvalue weighted by molar-refractivity contribution is 5.59. The fourth-order valence-corrected chi connectivity index (χ4v) is 1.21. The highest BCUT2D eigenvalue weighted by Crippen LogP contribution is 2.22. The van der Waals surface area contributed by atoms with Crippen LogP contribution in [0.3, 0.4) is 0 Å². The molecule has 0 radical (unpaired) electrons. The summed E-state index contributed by atoms with van der Waals surface area (Å²) in [6, 6.07) is 9.89. The van der Waals surface area contributed by atoms with Crippen LogP contribution in [0.15, 0.2) is 47.5 Å². The molecule has 2 rings (SSSR count). The summed E-state index contributed by atoms with van der Waals surface area (Å²) < 4.78 is 5.52. The van der Waals surface area contributed by atoms with Gasteiger partial charge in [-0.1, -0.05) is 36.9 Å². The van der Waals surface area contributed by atoms with Crippen molar-refractivity contribution in [2.45, 2.75) is 6.92 Å².